The number of quaternary nitrogens is 1. The van der Waals surface area contributed by atoms with Gasteiger partial charge in [0.1, 0.15) is 18.0 Å². The van der Waals surface area contributed by atoms with E-state index in [4.69, 9.17) is 13.9 Å². The molecule has 1 aliphatic rings. The first-order valence-electron chi connectivity index (χ1n) is 14.2. The molecule has 220 valence electrons. The highest BCUT2D eigenvalue weighted by Crippen LogP contribution is 2.40. The number of fused-ring (bicyclic) bond motifs is 1. The zero-order valence-corrected chi connectivity index (χ0v) is 23.6. The molecule has 1 aliphatic heterocycles. The van der Waals surface area contributed by atoms with Crippen LogP contribution in [0.4, 0.5) is 13.2 Å². The molecular formula is C33H33F3NO5+. The summed E-state index contributed by atoms with van der Waals surface area (Å²) in [5.41, 5.74) is 1.29. The molecule has 6 nitrogen and oxygen atoms in total. The molecule has 0 saturated carbocycles. The highest BCUT2D eigenvalue weighted by molar-refractivity contribution is 5.92. The fourth-order valence-corrected chi connectivity index (χ4v) is 5.28. The molecule has 0 radical (unpaired) electrons. The van der Waals surface area contributed by atoms with Crippen molar-refractivity contribution in [3.05, 3.63) is 98.9 Å². The first-order chi connectivity index (χ1) is 20.1. The molecular weight excluding hydrogens is 547 g/mol. The van der Waals surface area contributed by atoms with Crippen molar-refractivity contribution in [1.29, 1.82) is 0 Å². The van der Waals surface area contributed by atoms with E-state index in [2.05, 4.69) is 0 Å². The van der Waals surface area contributed by atoms with Gasteiger partial charge in [-0.15, -0.1) is 0 Å². The second-order valence-electron chi connectivity index (χ2n) is 10.7. The summed E-state index contributed by atoms with van der Waals surface area (Å²) in [5.74, 6) is -2.97. The molecule has 4 aromatic rings. The zero-order valence-electron chi connectivity index (χ0n) is 23.6. The van der Waals surface area contributed by atoms with Gasteiger partial charge in [0, 0.05) is 0 Å². The first-order valence-corrected chi connectivity index (χ1v) is 14.2. The molecule has 0 unspecified atom stereocenters. The summed E-state index contributed by atoms with van der Waals surface area (Å²) >= 11 is 0. The Balaban J connectivity index is 1.62. The lowest BCUT2D eigenvalue weighted by molar-refractivity contribution is -0.918. The molecule has 0 aliphatic carbocycles. The maximum absolute atomic E-state index is 14.4. The Morgan fingerprint density at radius 3 is 2.29 bits per heavy atom. The Labute approximate surface area is 241 Å². The number of ether oxygens (including phenoxy) is 2. The number of hydrogen-bond donors (Lipinski definition) is 1. The van der Waals surface area contributed by atoms with Gasteiger partial charge in [0.15, 0.2) is 5.58 Å². The monoisotopic (exact) mass is 580 g/mol. The second-order valence-corrected chi connectivity index (χ2v) is 10.7. The molecule has 1 aromatic heterocycles. The molecule has 1 fully saturated rings. The van der Waals surface area contributed by atoms with Crippen molar-refractivity contribution in [1.82, 2.24) is 0 Å². The minimum Gasteiger partial charge on any atom is -0.449 e. The van der Waals surface area contributed by atoms with Crippen LogP contribution in [0.5, 0.6) is 17.2 Å². The second kappa shape index (κ2) is 12.4. The summed E-state index contributed by atoms with van der Waals surface area (Å²) in [6.45, 7) is 5.74. The Bertz CT molecular complexity index is 1620. The number of carbonyl (C=O) groups excluding carboxylic acids is 1. The lowest BCUT2D eigenvalue weighted by atomic mass is 10.1. The van der Waals surface area contributed by atoms with Crippen LogP contribution in [0, 0.1) is 6.92 Å². The summed E-state index contributed by atoms with van der Waals surface area (Å²) in [4.78, 5) is 27.7. The van der Waals surface area contributed by atoms with Crippen LogP contribution >= 0.6 is 0 Å². The maximum Gasteiger partial charge on any atom is 0.453 e. The largest absolute Gasteiger partial charge is 0.453 e. The van der Waals surface area contributed by atoms with E-state index in [-0.39, 0.29) is 34.6 Å². The highest BCUT2D eigenvalue weighted by Gasteiger charge is 2.41. The average Bonchev–Trinajstić information content (AvgIpc) is 2.97. The summed E-state index contributed by atoms with van der Waals surface area (Å²) < 4.78 is 59.9. The van der Waals surface area contributed by atoms with Gasteiger partial charge < -0.3 is 18.8 Å². The molecule has 2 heterocycles. The normalized spacial score (nSPS) is 14.2. The number of likely N-dealkylation sites (tertiary alicyclic amines) is 1. The highest BCUT2D eigenvalue weighted by atomic mass is 19.4. The fraction of sp³-hybridized carbons (Fsp3) is 0.333. The maximum atomic E-state index is 14.4. The van der Waals surface area contributed by atoms with E-state index in [9.17, 15) is 22.8 Å². The number of rotatable bonds is 8. The van der Waals surface area contributed by atoms with Gasteiger partial charge in [-0.05, 0) is 74.6 Å². The van der Waals surface area contributed by atoms with E-state index in [1.54, 1.807) is 36.4 Å². The molecule has 42 heavy (non-hydrogen) atoms. The van der Waals surface area contributed by atoms with E-state index in [1.165, 1.54) is 24.3 Å². The Kier molecular flexibility index (Phi) is 8.68. The van der Waals surface area contributed by atoms with Gasteiger partial charge >= 0.3 is 12.1 Å². The number of aryl methyl sites for hydroxylation is 2. The van der Waals surface area contributed by atoms with Gasteiger partial charge in [0.2, 0.25) is 11.2 Å². The third-order valence-corrected chi connectivity index (χ3v) is 7.50. The van der Waals surface area contributed by atoms with Gasteiger partial charge in [-0.1, -0.05) is 43.2 Å². The van der Waals surface area contributed by atoms with Gasteiger partial charge in [-0.3, -0.25) is 4.79 Å². The van der Waals surface area contributed by atoms with E-state index in [0.717, 1.165) is 61.2 Å². The number of carbonyl (C=O) groups is 1. The van der Waals surface area contributed by atoms with Crippen LogP contribution in [0.3, 0.4) is 0 Å². The smallest absolute Gasteiger partial charge is 0.449 e. The summed E-state index contributed by atoms with van der Waals surface area (Å²) in [6, 6.07) is 16.1. The first kappa shape index (κ1) is 29.4. The molecule has 0 bridgehead atoms. The number of esters is 1. The van der Waals surface area contributed by atoms with Gasteiger partial charge in [0.05, 0.1) is 29.6 Å². The molecule has 0 atom stereocenters. The fourth-order valence-electron chi connectivity index (χ4n) is 5.28. The van der Waals surface area contributed by atoms with Crippen molar-refractivity contribution in [2.45, 2.75) is 58.7 Å². The lowest BCUT2D eigenvalue weighted by Gasteiger charge is -2.25. The van der Waals surface area contributed by atoms with Crippen molar-refractivity contribution in [2.24, 2.45) is 0 Å². The molecule has 3 aromatic carbocycles. The van der Waals surface area contributed by atoms with Crippen LogP contribution in [0.15, 0.2) is 69.9 Å². The summed E-state index contributed by atoms with van der Waals surface area (Å²) in [5, 5.41) is -0.0813. The third kappa shape index (κ3) is 6.51. The topological polar surface area (TPSA) is 70.2 Å². The van der Waals surface area contributed by atoms with E-state index < -0.39 is 29.1 Å². The molecule has 1 saturated heterocycles. The predicted octanol–water partition coefficient (Wildman–Crippen LogP) is 6.65. The van der Waals surface area contributed by atoms with Gasteiger partial charge in [0.25, 0.3) is 5.76 Å². The number of nitrogens with one attached hydrogen (secondary N) is 1. The van der Waals surface area contributed by atoms with Crippen LogP contribution < -0.4 is 19.8 Å². The van der Waals surface area contributed by atoms with Crippen molar-refractivity contribution in [3.63, 3.8) is 0 Å². The molecule has 0 spiro atoms. The number of hydrogen-bond acceptors (Lipinski definition) is 5. The standard InChI is InChI=1S/C33H32F3NO5/c1-3-7-22-10-14-24(15-11-22)40-30-28(38)25-16-17-27(41-32(39)23-12-8-21(2)9-13-23)26(20-37-18-5-4-6-19-37)29(25)42-31(30)33(34,35)36/h8-17H,3-7,18-20H2,1-2H3/p+1. The van der Waals surface area contributed by atoms with Crippen LogP contribution in [-0.2, 0) is 19.1 Å². The SMILES string of the molecule is CCCc1ccc(Oc2c(C(F)(F)F)oc3c(C[NH+]4CCCCC4)c(OC(=O)c4ccc(C)cc4)ccc3c2=O)cc1. The van der Waals surface area contributed by atoms with Gasteiger partial charge in [-0.2, -0.15) is 13.2 Å². The predicted molar refractivity (Wildman–Crippen MR) is 152 cm³/mol. The van der Waals surface area contributed by atoms with Crippen molar-refractivity contribution < 1.29 is 36.8 Å². The Morgan fingerprint density at radius 1 is 0.952 bits per heavy atom. The van der Waals surface area contributed by atoms with Crippen LogP contribution in [0.1, 0.15) is 65.4 Å². The minimum absolute atomic E-state index is 0.0580. The molecule has 0 amide bonds. The third-order valence-electron chi connectivity index (χ3n) is 7.50. The number of alkyl halides is 3. The zero-order chi connectivity index (χ0) is 29.9. The summed E-state index contributed by atoms with van der Waals surface area (Å²) in [6.07, 6.45) is -0.297. The number of piperidine rings is 1. The van der Waals surface area contributed by atoms with Crippen LogP contribution in [0.2, 0.25) is 0 Å². The Hall–Kier alpha value is -4.11. The van der Waals surface area contributed by atoms with Gasteiger partial charge in [-0.25, -0.2) is 4.79 Å². The average molecular weight is 581 g/mol. The Morgan fingerprint density at radius 2 is 1.64 bits per heavy atom. The number of halogens is 3. The van der Waals surface area contributed by atoms with Crippen molar-refractivity contribution in [3.8, 4) is 17.2 Å². The van der Waals surface area contributed by atoms with E-state index in [1.807, 2.05) is 13.8 Å². The molecule has 5 rings (SSSR count). The van der Waals surface area contributed by atoms with Crippen LogP contribution in [0.25, 0.3) is 11.0 Å². The minimum atomic E-state index is -5.02. The van der Waals surface area contributed by atoms with E-state index >= 15 is 0 Å². The number of benzene rings is 3. The van der Waals surface area contributed by atoms with Crippen molar-refractivity contribution >= 4 is 16.9 Å². The van der Waals surface area contributed by atoms with E-state index in [0.29, 0.717) is 5.56 Å². The summed E-state index contributed by atoms with van der Waals surface area (Å²) in [7, 11) is 0. The quantitative estimate of drug-likeness (QED) is 0.187. The van der Waals surface area contributed by atoms with Crippen molar-refractivity contribution in [2.75, 3.05) is 13.1 Å². The lowest BCUT2D eigenvalue weighted by Crippen LogP contribution is -3.11. The molecule has 9 heteroatoms. The van der Waals surface area contributed by atoms with Crippen LogP contribution in [-0.4, -0.2) is 19.1 Å². The molecule has 1 N–H and O–H groups in total.